The highest BCUT2D eigenvalue weighted by Gasteiger charge is 2.62. The Bertz CT molecular complexity index is 760. The molecule has 0 saturated heterocycles. The summed E-state index contributed by atoms with van der Waals surface area (Å²) in [6, 6.07) is 0. The number of ketones is 2. The summed E-state index contributed by atoms with van der Waals surface area (Å²) in [7, 11) is 0. The van der Waals surface area contributed by atoms with Crippen molar-refractivity contribution in [3.05, 3.63) is 11.6 Å². The summed E-state index contributed by atoms with van der Waals surface area (Å²) in [6.45, 7) is 9.02. The van der Waals surface area contributed by atoms with Crippen LogP contribution in [0.3, 0.4) is 0 Å². The van der Waals surface area contributed by atoms with Gasteiger partial charge in [-0.2, -0.15) is 0 Å². The lowest BCUT2D eigenvalue weighted by atomic mass is 9.47. The smallest absolute Gasteiger partial charge is 0.137 e. The molecule has 3 saturated carbocycles. The van der Waals surface area contributed by atoms with Crippen LogP contribution < -0.4 is 0 Å². The van der Waals surface area contributed by atoms with E-state index < -0.39 is 0 Å². The van der Waals surface area contributed by atoms with E-state index in [-0.39, 0.29) is 28.8 Å². The van der Waals surface area contributed by atoms with E-state index in [2.05, 4.69) is 49.4 Å². The summed E-state index contributed by atoms with van der Waals surface area (Å²) in [5.41, 5.74) is 1.64. The fourth-order valence-electron chi connectivity index (χ4n) is 8.20. The number of aliphatic hydroxyl groups excluding tert-OH is 1. The zero-order valence-electron chi connectivity index (χ0n) is 19.8. The van der Waals surface area contributed by atoms with Gasteiger partial charge in [0.05, 0.1) is 6.10 Å². The van der Waals surface area contributed by atoms with E-state index in [0.29, 0.717) is 48.1 Å². The lowest BCUT2D eigenvalue weighted by Crippen LogP contribution is -2.51. The van der Waals surface area contributed by atoms with Gasteiger partial charge in [0.1, 0.15) is 11.6 Å². The van der Waals surface area contributed by atoms with Crippen molar-refractivity contribution in [2.24, 2.45) is 46.3 Å². The largest absolute Gasteiger partial charge is 0.393 e. The van der Waals surface area contributed by atoms with Crippen LogP contribution in [0.4, 0.5) is 0 Å². The van der Waals surface area contributed by atoms with Gasteiger partial charge in [-0.15, -0.1) is 0 Å². The summed E-state index contributed by atoms with van der Waals surface area (Å²) < 4.78 is 1.08. The average Bonchev–Trinajstić information content (AvgIpc) is 3.01. The second kappa shape index (κ2) is 8.85. The molecule has 174 valence electrons. The van der Waals surface area contributed by atoms with Crippen molar-refractivity contribution in [3.8, 4) is 0 Å². The van der Waals surface area contributed by atoms with E-state index in [4.69, 9.17) is 0 Å². The number of hydrogen-bond acceptors (Lipinski definition) is 3. The van der Waals surface area contributed by atoms with Crippen molar-refractivity contribution in [1.29, 1.82) is 0 Å². The monoisotopic (exact) mass is 540 g/mol. The van der Waals surface area contributed by atoms with Crippen LogP contribution in [0.15, 0.2) is 11.6 Å². The molecule has 0 radical (unpaired) electrons. The lowest BCUT2D eigenvalue weighted by molar-refractivity contribution is -0.134. The molecule has 4 heteroatoms. The molecule has 0 aromatic heterocycles. The number of rotatable bonds is 6. The minimum absolute atomic E-state index is 0.0297. The number of fused-ring (bicyclic) bond motifs is 5. The maximum absolute atomic E-state index is 13.4. The minimum Gasteiger partial charge on any atom is -0.393 e. The van der Waals surface area contributed by atoms with Gasteiger partial charge >= 0.3 is 0 Å². The molecular weight excluding hydrogens is 499 g/mol. The summed E-state index contributed by atoms with van der Waals surface area (Å²) in [4.78, 5) is 26.4. The first-order chi connectivity index (χ1) is 14.6. The Balaban J connectivity index is 1.54. The molecule has 3 nitrogen and oxygen atoms in total. The number of aliphatic hydroxyl groups is 1. The number of Topliss-reactive ketones (excluding diaryl/α,β-unsaturated/α-hetero) is 2. The molecule has 0 aliphatic heterocycles. The van der Waals surface area contributed by atoms with Gasteiger partial charge in [-0.05, 0) is 79.4 Å². The first-order valence-corrected chi connectivity index (χ1v) is 14.1. The van der Waals surface area contributed by atoms with Crippen molar-refractivity contribution in [1.82, 2.24) is 0 Å². The van der Waals surface area contributed by atoms with E-state index in [1.807, 2.05) is 6.92 Å². The van der Waals surface area contributed by atoms with Crippen LogP contribution >= 0.6 is 22.6 Å². The molecule has 0 spiro atoms. The van der Waals surface area contributed by atoms with Gasteiger partial charge in [0.25, 0.3) is 0 Å². The first-order valence-electron chi connectivity index (χ1n) is 12.6. The van der Waals surface area contributed by atoms with Crippen molar-refractivity contribution in [3.63, 3.8) is 0 Å². The Morgan fingerprint density at radius 1 is 1.19 bits per heavy atom. The number of halogens is 1. The normalized spacial score (nSPS) is 44.0. The molecule has 4 aliphatic rings. The average molecular weight is 541 g/mol. The second-order valence-electron chi connectivity index (χ2n) is 11.9. The van der Waals surface area contributed by atoms with Gasteiger partial charge in [-0.3, -0.25) is 9.59 Å². The third kappa shape index (κ3) is 4.00. The topological polar surface area (TPSA) is 54.4 Å². The number of hydrogen-bond donors (Lipinski definition) is 1. The molecule has 3 fully saturated rings. The number of alkyl halides is 1. The Morgan fingerprint density at radius 3 is 2.65 bits per heavy atom. The molecule has 9 atom stereocenters. The SMILES string of the molecule is C[C@@H](CI)CCC(=O)[C@@H](C)[C@H]1C(=O)C[C@H]2[C@@H]3CC=C4C[C@@H](O)CC[C@]4(C)[C@H]3CC[C@]12C. The quantitative estimate of drug-likeness (QED) is 0.249. The van der Waals surface area contributed by atoms with Crippen LogP contribution in [0.2, 0.25) is 0 Å². The number of allylic oxidation sites excluding steroid dienone is 1. The highest BCUT2D eigenvalue weighted by Crippen LogP contribution is 2.66. The summed E-state index contributed by atoms with van der Waals surface area (Å²) >= 11 is 2.39. The zero-order valence-corrected chi connectivity index (χ0v) is 22.0. The third-order valence-electron chi connectivity index (χ3n) is 10.1. The summed E-state index contributed by atoms with van der Waals surface area (Å²) in [6.07, 6.45) is 10.6. The fourth-order valence-corrected chi connectivity index (χ4v) is 8.64. The first kappa shape index (κ1) is 23.9. The van der Waals surface area contributed by atoms with E-state index >= 15 is 0 Å². The van der Waals surface area contributed by atoms with Crippen molar-refractivity contribution >= 4 is 34.2 Å². The van der Waals surface area contributed by atoms with Crippen LogP contribution in [-0.2, 0) is 9.59 Å². The van der Waals surface area contributed by atoms with E-state index in [9.17, 15) is 14.7 Å². The fraction of sp³-hybridized carbons (Fsp3) is 0.852. The second-order valence-corrected chi connectivity index (χ2v) is 12.8. The van der Waals surface area contributed by atoms with Gasteiger partial charge in [0.15, 0.2) is 0 Å². The van der Waals surface area contributed by atoms with Gasteiger partial charge < -0.3 is 5.11 Å². The number of carbonyl (C=O) groups excluding carboxylic acids is 2. The molecule has 4 rings (SSSR count). The molecule has 31 heavy (non-hydrogen) atoms. The predicted octanol–water partition coefficient (Wildman–Crippen LogP) is 6.16. The highest BCUT2D eigenvalue weighted by molar-refractivity contribution is 14.1. The molecule has 0 heterocycles. The van der Waals surface area contributed by atoms with Crippen molar-refractivity contribution < 1.29 is 14.7 Å². The van der Waals surface area contributed by atoms with E-state index in [0.717, 1.165) is 49.4 Å². The Hall–Kier alpha value is -0.230. The number of carbonyl (C=O) groups is 2. The Morgan fingerprint density at radius 2 is 1.94 bits per heavy atom. The molecule has 1 N–H and O–H groups in total. The van der Waals surface area contributed by atoms with Gasteiger partial charge in [0, 0.05) is 29.1 Å². The molecule has 0 aromatic rings. The highest BCUT2D eigenvalue weighted by atomic mass is 127. The molecule has 0 aromatic carbocycles. The lowest BCUT2D eigenvalue weighted by Gasteiger charge is -2.58. The molecular formula is C27H41IO3. The Kier molecular flexibility index (Phi) is 6.83. The van der Waals surface area contributed by atoms with E-state index in [1.165, 1.54) is 5.57 Å². The van der Waals surface area contributed by atoms with E-state index in [1.54, 1.807) is 0 Å². The van der Waals surface area contributed by atoms with Crippen molar-refractivity contribution in [2.45, 2.75) is 91.6 Å². The summed E-state index contributed by atoms with van der Waals surface area (Å²) in [5.74, 6) is 2.58. The molecule has 0 amide bonds. The molecule has 0 unspecified atom stereocenters. The van der Waals surface area contributed by atoms with Gasteiger partial charge in [0.2, 0.25) is 0 Å². The van der Waals surface area contributed by atoms with Crippen LogP contribution in [0.1, 0.15) is 85.5 Å². The Labute approximate surface area is 202 Å². The van der Waals surface area contributed by atoms with Crippen LogP contribution in [0, 0.1) is 46.3 Å². The maximum Gasteiger partial charge on any atom is 0.137 e. The third-order valence-corrected chi connectivity index (χ3v) is 11.7. The van der Waals surface area contributed by atoms with Crippen LogP contribution in [-0.4, -0.2) is 27.2 Å². The van der Waals surface area contributed by atoms with Crippen LogP contribution in [0.5, 0.6) is 0 Å². The molecule has 0 bridgehead atoms. The van der Waals surface area contributed by atoms with Gasteiger partial charge in [-0.25, -0.2) is 0 Å². The standard InChI is InChI=1S/C27H41IO3/c1-16(15-28)5-8-23(30)17(2)25-24(31)14-22-20-7-6-18-13-19(29)9-11-26(18,3)21(20)10-12-27(22,25)4/h6,16-17,19-22,25,29H,5,7-15H2,1-4H3/t16-,17-,19+,20-,21+,22+,25+,26+,27+/m1/s1. The van der Waals surface area contributed by atoms with Crippen molar-refractivity contribution in [2.75, 3.05) is 4.43 Å². The zero-order chi connectivity index (χ0) is 22.6. The predicted molar refractivity (Wildman–Crippen MR) is 133 cm³/mol. The summed E-state index contributed by atoms with van der Waals surface area (Å²) in [5, 5.41) is 10.2. The van der Waals surface area contributed by atoms with Gasteiger partial charge in [-0.1, -0.05) is 61.9 Å². The van der Waals surface area contributed by atoms with Crippen LogP contribution in [0.25, 0.3) is 0 Å². The maximum atomic E-state index is 13.4. The molecule has 4 aliphatic carbocycles. The minimum atomic E-state index is -0.177.